The molecule has 12 heavy (non-hydrogen) atoms. The van der Waals surface area contributed by atoms with Crippen molar-refractivity contribution < 1.29 is 0 Å². The van der Waals surface area contributed by atoms with E-state index in [0.717, 1.165) is 22.6 Å². The van der Waals surface area contributed by atoms with Crippen LogP contribution in [0.5, 0.6) is 0 Å². The van der Waals surface area contributed by atoms with Gasteiger partial charge in [-0.2, -0.15) is 0 Å². The number of hydrogen-bond acceptors (Lipinski definition) is 2. The number of aryl methyl sites for hydroxylation is 2. The highest BCUT2D eigenvalue weighted by atomic mass is 15.0. The first-order valence-corrected chi connectivity index (χ1v) is 3.88. The molecule has 0 atom stereocenters. The van der Waals surface area contributed by atoms with Gasteiger partial charge in [0, 0.05) is 29.8 Å². The number of nitrogens with two attached hydrogens (primary N) is 1. The molecule has 62 valence electrons. The predicted molar refractivity (Wildman–Crippen MR) is 49.1 cm³/mol. The molecule has 2 aromatic rings. The van der Waals surface area contributed by atoms with E-state index in [1.807, 2.05) is 36.7 Å². The molecule has 0 bridgehead atoms. The van der Waals surface area contributed by atoms with Gasteiger partial charge >= 0.3 is 0 Å². The number of rotatable bonds is 0. The Balaban J connectivity index is 2.87. The molecule has 0 saturated heterocycles. The van der Waals surface area contributed by atoms with Crippen molar-refractivity contribution in [3.05, 3.63) is 29.7 Å². The molecule has 2 heterocycles. The molecule has 0 spiro atoms. The van der Waals surface area contributed by atoms with E-state index in [4.69, 9.17) is 5.73 Å². The summed E-state index contributed by atoms with van der Waals surface area (Å²) in [6.45, 7) is 4.02. The maximum atomic E-state index is 5.74. The van der Waals surface area contributed by atoms with Gasteiger partial charge in [0.1, 0.15) is 5.65 Å². The van der Waals surface area contributed by atoms with Crippen molar-refractivity contribution in [2.45, 2.75) is 13.8 Å². The van der Waals surface area contributed by atoms with Crippen molar-refractivity contribution in [3.8, 4) is 0 Å². The van der Waals surface area contributed by atoms with E-state index in [9.17, 15) is 0 Å². The van der Waals surface area contributed by atoms with E-state index in [0.29, 0.717) is 0 Å². The molecular formula is C9H11N3. The van der Waals surface area contributed by atoms with Gasteiger partial charge in [-0.15, -0.1) is 0 Å². The van der Waals surface area contributed by atoms with Crippen molar-refractivity contribution in [2.24, 2.45) is 0 Å². The maximum absolute atomic E-state index is 5.74. The van der Waals surface area contributed by atoms with E-state index >= 15 is 0 Å². The van der Waals surface area contributed by atoms with E-state index in [2.05, 4.69) is 4.98 Å². The Morgan fingerprint density at radius 2 is 2.17 bits per heavy atom. The van der Waals surface area contributed by atoms with Crippen LogP contribution in [0.1, 0.15) is 11.3 Å². The molecule has 3 heteroatoms. The van der Waals surface area contributed by atoms with Crippen molar-refractivity contribution in [2.75, 3.05) is 5.73 Å². The molecule has 0 amide bonds. The van der Waals surface area contributed by atoms with Gasteiger partial charge in [0.25, 0.3) is 0 Å². The molecule has 2 N–H and O–H groups in total. The normalized spacial score (nSPS) is 10.8. The van der Waals surface area contributed by atoms with Crippen LogP contribution in [0.2, 0.25) is 0 Å². The fourth-order valence-corrected chi connectivity index (χ4v) is 1.26. The predicted octanol–water partition coefficient (Wildman–Crippen LogP) is 1.53. The maximum Gasteiger partial charge on any atom is 0.138 e. The fraction of sp³-hybridized carbons (Fsp3) is 0.222. The summed E-state index contributed by atoms with van der Waals surface area (Å²) in [7, 11) is 0. The summed E-state index contributed by atoms with van der Waals surface area (Å²) in [5, 5.41) is 0. The molecule has 0 radical (unpaired) electrons. The van der Waals surface area contributed by atoms with Crippen molar-refractivity contribution in [3.63, 3.8) is 0 Å². The summed E-state index contributed by atoms with van der Waals surface area (Å²) >= 11 is 0. The van der Waals surface area contributed by atoms with Crippen molar-refractivity contribution >= 4 is 11.3 Å². The highest BCUT2D eigenvalue weighted by Gasteiger charge is 2.00. The molecule has 3 nitrogen and oxygen atoms in total. The highest BCUT2D eigenvalue weighted by molar-refractivity contribution is 5.56. The third-order valence-corrected chi connectivity index (χ3v) is 2.07. The summed E-state index contributed by atoms with van der Waals surface area (Å²) in [5.74, 6) is 0. The van der Waals surface area contributed by atoms with Gasteiger partial charge in [0.15, 0.2) is 0 Å². The minimum atomic E-state index is 0.799. The molecule has 0 saturated carbocycles. The molecule has 2 aromatic heterocycles. The Hall–Kier alpha value is -1.51. The minimum absolute atomic E-state index is 0.799. The molecule has 0 aliphatic rings. The average molecular weight is 161 g/mol. The number of aromatic nitrogens is 2. The van der Waals surface area contributed by atoms with Crippen LogP contribution in [0, 0.1) is 13.8 Å². The van der Waals surface area contributed by atoms with E-state index in [-0.39, 0.29) is 0 Å². The van der Waals surface area contributed by atoms with E-state index < -0.39 is 0 Å². The summed E-state index contributed by atoms with van der Waals surface area (Å²) < 4.78 is 2.03. The minimum Gasteiger partial charge on any atom is -0.398 e. The Morgan fingerprint density at radius 1 is 1.42 bits per heavy atom. The molecule has 0 aromatic carbocycles. The van der Waals surface area contributed by atoms with Crippen molar-refractivity contribution in [1.29, 1.82) is 0 Å². The second-order valence-corrected chi connectivity index (χ2v) is 3.04. The topological polar surface area (TPSA) is 43.3 Å². The Labute approximate surface area is 70.8 Å². The van der Waals surface area contributed by atoms with Gasteiger partial charge in [-0.3, -0.25) is 0 Å². The third-order valence-electron chi connectivity index (χ3n) is 2.07. The van der Waals surface area contributed by atoms with Crippen LogP contribution in [0.3, 0.4) is 0 Å². The number of nitrogen functional groups attached to an aromatic ring is 1. The summed E-state index contributed by atoms with van der Waals surface area (Å²) in [4.78, 5) is 4.20. The average Bonchev–Trinajstić information content (AvgIpc) is 2.35. The van der Waals surface area contributed by atoms with Crippen LogP contribution in [0.25, 0.3) is 5.65 Å². The van der Waals surface area contributed by atoms with Crippen molar-refractivity contribution in [1.82, 2.24) is 9.38 Å². The Morgan fingerprint density at radius 3 is 2.92 bits per heavy atom. The van der Waals surface area contributed by atoms with E-state index in [1.165, 1.54) is 0 Å². The number of nitrogens with zero attached hydrogens (tertiary/aromatic N) is 2. The van der Waals surface area contributed by atoms with Gasteiger partial charge in [0.05, 0.1) is 0 Å². The molecule has 0 fully saturated rings. The summed E-state index contributed by atoms with van der Waals surface area (Å²) in [6.07, 6.45) is 3.85. The van der Waals surface area contributed by atoms with Crippen LogP contribution < -0.4 is 5.73 Å². The van der Waals surface area contributed by atoms with Gasteiger partial charge in [-0.1, -0.05) is 0 Å². The fourth-order valence-electron chi connectivity index (χ4n) is 1.26. The smallest absolute Gasteiger partial charge is 0.138 e. The van der Waals surface area contributed by atoms with Gasteiger partial charge in [-0.05, 0) is 19.4 Å². The zero-order valence-corrected chi connectivity index (χ0v) is 7.20. The lowest BCUT2D eigenvalue weighted by atomic mass is 10.2. The lowest BCUT2D eigenvalue weighted by Crippen LogP contribution is -1.94. The lowest BCUT2D eigenvalue weighted by Gasteiger charge is -2.01. The monoisotopic (exact) mass is 161 g/mol. The van der Waals surface area contributed by atoms with Crippen LogP contribution in [0.15, 0.2) is 18.5 Å². The first-order chi connectivity index (χ1) is 5.68. The number of hydrogen-bond donors (Lipinski definition) is 1. The van der Waals surface area contributed by atoms with Gasteiger partial charge in [0.2, 0.25) is 0 Å². The number of pyridine rings is 1. The summed E-state index contributed by atoms with van der Waals surface area (Å²) in [6, 6.07) is 1.89. The quantitative estimate of drug-likeness (QED) is 0.636. The number of imidazole rings is 1. The number of anilines is 1. The standard InChI is InChI=1S/C9H11N3/c1-6-5-12-7(2)4-11-9(12)3-8(6)10/h3-5H,10H2,1-2H3. The Kier molecular flexibility index (Phi) is 1.33. The third kappa shape index (κ3) is 0.863. The Bertz CT molecular complexity index is 429. The molecular weight excluding hydrogens is 150 g/mol. The number of fused-ring (bicyclic) bond motifs is 1. The van der Waals surface area contributed by atoms with Gasteiger partial charge in [-0.25, -0.2) is 4.98 Å². The first-order valence-electron chi connectivity index (χ1n) is 3.88. The molecule has 0 unspecified atom stereocenters. The van der Waals surface area contributed by atoms with Crippen LogP contribution in [0.4, 0.5) is 5.69 Å². The highest BCUT2D eigenvalue weighted by Crippen LogP contribution is 2.14. The van der Waals surface area contributed by atoms with Crippen LogP contribution in [-0.4, -0.2) is 9.38 Å². The SMILES string of the molecule is Cc1cn2c(C)cnc2cc1N. The van der Waals surface area contributed by atoms with Gasteiger partial charge < -0.3 is 10.1 Å². The van der Waals surface area contributed by atoms with Crippen LogP contribution >= 0.6 is 0 Å². The zero-order chi connectivity index (χ0) is 8.72. The van der Waals surface area contributed by atoms with E-state index in [1.54, 1.807) is 0 Å². The molecule has 0 aliphatic heterocycles. The zero-order valence-electron chi connectivity index (χ0n) is 7.20. The lowest BCUT2D eigenvalue weighted by molar-refractivity contribution is 1.09. The second-order valence-electron chi connectivity index (χ2n) is 3.04. The molecule has 0 aliphatic carbocycles. The summed E-state index contributed by atoms with van der Waals surface area (Å²) in [5.41, 5.74) is 9.67. The van der Waals surface area contributed by atoms with Crippen LogP contribution in [-0.2, 0) is 0 Å². The molecule has 2 rings (SSSR count). The second kappa shape index (κ2) is 2.24. The largest absolute Gasteiger partial charge is 0.398 e. The first kappa shape index (κ1) is 7.16.